The topological polar surface area (TPSA) is 26.2 Å². The summed E-state index contributed by atoms with van der Waals surface area (Å²) in [7, 11) is 1.75. The maximum atomic E-state index is 5.63. The summed E-state index contributed by atoms with van der Waals surface area (Å²) in [6.07, 6.45) is 3.33. The van der Waals surface area contributed by atoms with Gasteiger partial charge in [0.2, 0.25) is 0 Å². The number of benzene rings is 2. The maximum Gasteiger partial charge on any atom is 0.124 e. The summed E-state index contributed by atoms with van der Waals surface area (Å²) in [6, 6.07) is 15.1. The van der Waals surface area contributed by atoms with E-state index in [1.165, 1.54) is 26.9 Å². The molecular formula is C19H20N2OS. The molecule has 1 N–H and O–H groups in total. The van der Waals surface area contributed by atoms with Crippen molar-refractivity contribution in [1.82, 2.24) is 9.29 Å². The summed E-state index contributed by atoms with van der Waals surface area (Å²) < 4.78 is 7.92. The molecule has 1 aliphatic heterocycles. The smallest absolute Gasteiger partial charge is 0.124 e. The lowest BCUT2D eigenvalue weighted by Gasteiger charge is -2.17. The minimum absolute atomic E-state index is 0.299. The second kappa shape index (κ2) is 5.95. The Bertz CT molecular complexity index is 841. The Kier molecular flexibility index (Phi) is 3.79. The van der Waals surface area contributed by atoms with Gasteiger partial charge in [0.25, 0.3) is 0 Å². The second-order valence-corrected chi connectivity index (χ2v) is 6.93. The van der Waals surface area contributed by atoms with Crippen molar-refractivity contribution in [2.75, 3.05) is 13.7 Å². The largest absolute Gasteiger partial charge is 0.496 e. The number of hydrogen-bond acceptors (Lipinski definition) is 3. The van der Waals surface area contributed by atoms with Crippen LogP contribution in [0.15, 0.2) is 53.6 Å². The van der Waals surface area contributed by atoms with Crippen molar-refractivity contribution in [3.05, 3.63) is 59.8 Å². The molecule has 0 fully saturated rings. The minimum atomic E-state index is 0.299. The van der Waals surface area contributed by atoms with E-state index < -0.39 is 0 Å². The van der Waals surface area contributed by atoms with E-state index in [1.54, 1.807) is 19.1 Å². The average molecular weight is 324 g/mol. The highest BCUT2D eigenvalue weighted by Crippen LogP contribution is 2.39. The van der Waals surface area contributed by atoms with Crippen LogP contribution in [0.4, 0.5) is 0 Å². The third-order valence-corrected chi connectivity index (χ3v) is 5.44. The van der Waals surface area contributed by atoms with Crippen LogP contribution in [0.3, 0.4) is 0 Å². The molecule has 0 saturated carbocycles. The quantitative estimate of drug-likeness (QED) is 0.773. The summed E-state index contributed by atoms with van der Waals surface area (Å²) in [4.78, 5) is 1.25. The highest BCUT2D eigenvalue weighted by atomic mass is 32.2. The predicted octanol–water partition coefficient (Wildman–Crippen LogP) is 4.41. The van der Waals surface area contributed by atoms with Crippen LogP contribution >= 0.6 is 11.9 Å². The Hall–Kier alpha value is -1.91. The van der Waals surface area contributed by atoms with Crippen LogP contribution in [0.1, 0.15) is 24.1 Å². The fourth-order valence-corrected chi connectivity index (χ4v) is 4.32. The van der Waals surface area contributed by atoms with E-state index in [4.69, 9.17) is 4.74 Å². The van der Waals surface area contributed by atoms with Crippen LogP contribution < -0.4 is 10.1 Å². The van der Waals surface area contributed by atoms with Gasteiger partial charge >= 0.3 is 0 Å². The van der Waals surface area contributed by atoms with Crippen LogP contribution in [0.2, 0.25) is 0 Å². The van der Waals surface area contributed by atoms with Gasteiger partial charge in [-0.3, -0.25) is 3.97 Å². The molecule has 118 valence electrons. The van der Waals surface area contributed by atoms with Gasteiger partial charge in [0.15, 0.2) is 0 Å². The third-order valence-electron chi connectivity index (χ3n) is 4.46. The summed E-state index contributed by atoms with van der Waals surface area (Å²) in [5.74, 6) is 0.975. The zero-order chi connectivity index (χ0) is 15.8. The first-order valence-electron chi connectivity index (χ1n) is 7.95. The molecule has 0 radical (unpaired) electrons. The lowest BCUT2D eigenvalue weighted by molar-refractivity contribution is 0.404. The Morgan fingerprint density at radius 1 is 1.17 bits per heavy atom. The van der Waals surface area contributed by atoms with E-state index in [2.05, 4.69) is 64.9 Å². The number of aromatic nitrogens is 1. The van der Waals surface area contributed by atoms with Crippen molar-refractivity contribution < 1.29 is 4.74 Å². The number of nitrogens with zero attached hydrogens (tertiary/aromatic N) is 1. The van der Waals surface area contributed by atoms with Gasteiger partial charge in [0.05, 0.1) is 12.6 Å². The molecule has 0 amide bonds. The van der Waals surface area contributed by atoms with Crippen LogP contribution in [0.25, 0.3) is 10.9 Å². The molecule has 4 heteroatoms. The highest BCUT2D eigenvalue weighted by Gasteiger charge is 2.23. The van der Waals surface area contributed by atoms with Crippen LogP contribution in [0, 0.1) is 0 Å². The lowest BCUT2D eigenvalue weighted by Crippen LogP contribution is -2.19. The molecule has 0 saturated heterocycles. The number of methoxy groups -OCH3 is 1. The molecule has 1 atom stereocenters. The van der Waals surface area contributed by atoms with Gasteiger partial charge in [-0.1, -0.05) is 18.2 Å². The molecule has 1 unspecified atom stereocenters. The Morgan fingerprint density at radius 3 is 2.78 bits per heavy atom. The first kappa shape index (κ1) is 14.7. The molecule has 0 aliphatic carbocycles. The van der Waals surface area contributed by atoms with E-state index in [-0.39, 0.29) is 0 Å². The fourth-order valence-electron chi connectivity index (χ4n) is 3.38. The molecule has 3 aromatic rings. The SMILES string of the molecule is COc1ccc2c3c(cn2Sc2ccccc2)CCNC(C)c13. The minimum Gasteiger partial charge on any atom is -0.496 e. The molecule has 0 bridgehead atoms. The average Bonchev–Trinajstić information content (AvgIpc) is 2.83. The fraction of sp³-hybridized carbons (Fsp3) is 0.263. The number of rotatable bonds is 3. The van der Waals surface area contributed by atoms with Crippen LogP contribution in [-0.2, 0) is 6.42 Å². The zero-order valence-electron chi connectivity index (χ0n) is 13.4. The zero-order valence-corrected chi connectivity index (χ0v) is 14.2. The molecular weight excluding hydrogens is 304 g/mol. The van der Waals surface area contributed by atoms with Crippen molar-refractivity contribution >= 4 is 22.9 Å². The van der Waals surface area contributed by atoms with Crippen LogP contribution in [-0.4, -0.2) is 17.6 Å². The van der Waals surface area contributed by atoms with Crippen LogP contribution in [0.5, 0.6) is 5.75 Å². The van der Waals surface area contributed by atoms with Crippen molar-refractivity contribution in [2.24, 2.45) is 0 Å². The van der Waals surface area contributed by atoms with Gasteiger partial charge in [0, 0.05) is 28.1 Å². The molecule has 2 heterocycles. The van der Waals surface area contributed by atoms with Gasteiger partial charge in [-0.25, -0.2) is 0 Å². The second-order valence-electron chi connectivity index (χ2n) is 5.89. The standard InChI is InChI=1S/C19H20N2OS/c1-13-18-17(22-2)9-8-16-19(18)14(10-11-20-13)12-21(16)23-15-6-4-3-5-7-15/h3-9,12-13,20H,10-11H2,1-2H3. The molecule has 4 rings (SSSR count). The van der Waals surface area contributed by atoms with E-state index in [0.29, 0.717) is 6.04 Å². The predicted molar refractivity (Wildman–Crippen MR) is 96.3 cm³/mol. The molecule has 3 nitrogen and oxygen atoms in total. The molecule has 23 heavy (non-hydrogen) atoms. The van der Waals surface area contributed by atoms with Gasteiger partial charge in [0.1, 0.15) is 5.75 Å². The summed E-state index contributed by atoms with van der Waals surface area (Å²) in [6.45, 7) is 3.21. The third kappa shape index (κ3) is 2.52. The Morgan fingerprint density at radius 2 is 2.00 bits per heavy atom. The van der Waals surface area contributed by atoms with Crippen molar-refractivity contribution in [2.45, 2.75) is 24.3 Å². The van der Waals surface area contributed by atoms with Crippen molar-refractivity contribution in [3.8, 4) is 5.75 Å². The summed E-state index contributed by atoms with van der Waals surface area (Å²) >= 11 is 1.77. The lowest BCUT2D eigenvalue weighted by atomic mass is 10.0. The summed E-state index contributed by atoms with van der Waals surface area (Å²) in [5.41, 5.74) is 3.94. The normalized spacial score (nSPS) is 17.2. The first-order chi connectivity index (χ1) is 11.3. The van der Waals surface area contributed by atoms with E-state index in [0.717, 1.165) is 18.7 Å². The summed E-state index contributed by atoms with van der Waals surface area (Å²) in [5, 5.41) is 4.94. The van der Waals surface area contributed by atoms with Crippen molar-refractivity contribution in [1.29, 1.82) is 0 Å². The highest BCUT2D eigenvalue weighted by molar-refractivity contribution is 7.98. The van der Waals surface area contributed by atoms with Crippen molar-refractivity contribution in [3.63, 3.8) is 0 Å². The Balaban J connectivity index is 1.90. The maximum absolute atomic E-state index is 5.63. The number of nitrogens with one attached hydrogen (secondary N) is 1. The van der Waals surface area contributed by atoms with Gasteiger partial charge < -0.3 is 10.1 Å². The van der Waals surface area contributed by atoms with E-state index >= 15 is 0 Å². The monoisotopic (exact) mass is 324 g/mol. The molecule has 1 aromatic heterocycles. The van der Waals surface area contributed by atoms with Gasteiger partial charge in [-0.2, -0.15) is 0 Å². The first-order valence-corrected chi connectivity index (χ1v) is 8.73. The van der Waals surface area contributed by atoms with E-state index in [1.807, 2.05) is 0 Å². The molecule has 1 aliphatic rings. The van der Waals surface area contributed by atoms with Gasteiger partial charge in [-0.15, -0.1) is 0 Å². The van der Waals surface area contributed by atoms with Gasteiger partial charge in [-0.05, 0) is 61.7 Å². The number of hydrogen-bond donors (Lipinski definition) is 1. The number of ether oxygens (including phenoxy) is 1. The Labute approximate surface area is 140 Å². The molecule has 0 spiro atoms. The molecule has 2 aromatic carbocycles. The van der Waals surface area contributed by atoms with E-state index in [9.17, 15) is 0 Å².